The fraction of sp³-hybridized carbons (Fsp3) is 0.552. The number of nitrogens with zero attached hydrogens (tertiary/aromatic N) is 2. The molecule has 202 valence electrons. The Morgan fingerprint density at radius 2 is 1.54 bits per heavy atom. The number of hydrogen-bond acceptors (Lipinski definition) is 4. The topological polar surface area (TPSA) is 27.7 Å². The number of alkyl halides is 3. The maximum atomic E-state index is 13.3. The number of hydrogen-bond donors (Lipinski definition) is 1. The molecule has 0 aromatic heterocycles. The van der Waals surface area contributed by atoms with E-state index in [0.29, 0.717) is 5.69 Å². The van der Waals surface area contributed by atoms with Crippen molar-refractivity contribution in [2.24, 2.45) is 0 Å². The third-order valence-electron chi connectivity index (χ3n) is 7.53. The van der Waals surface area contributed by atoms with E-state index in [1.165, 1.54) is 30.3 Å². The number of ether oxygens (including phenoxy) is 1. The van der Waals surface area contributed by atoms with E-state index in [4.69, 9.17) is 17.0 Å². The molecule has 8 heteroatoms. The standard InChI is InChI=1S/C29H38F3N3OS/c1-20-5-11-24(12-6-20)34-15-17-35(18-16-34)27(37)28(3,4)36-25-13-9-22(10-14-25)33-23-8-7-21(2)26(19-23)29(30,31)32/h5-8,11-12,19,22,25,33H,9-10,13-18H2,1-4H3. The lowest BCUT2D eigenvalue weighted by molar-refractivity contribution is -0.138. The van der Waals surface area contributed by atoms with Gasteiger partial charge in [-0.25, -0.2) is 0 Å². The van der Waals surface area contributed by atoms with Crippen LogP contribution in [0.2, 0.25) is 0 Å². The predicted molar refractivity (Wildman–Crippen MR) is 149 cm³/mol. The zero-order chi connectivity index (χ0) is 26.8. The Kier molecular flexibility index (Phi) is 8.38. The lowest BCUT2D eigenvalue weighted by Crippen LogP contribution is -2.55. The van der Waals surface area contributed by atoms with Crippen molar-refractivity contribution in [1.29, 1.82) is 0 Å². The number of aryl methyl sites for hydroxylation is 2. The summed E-state index contributed by atoms with van der Waals surface area (Å²) in [6.45, 7) is 11.3. The van der Waals surface area contributed by atoms with Gasteiger partial charge in [-0.15, -0.1) is 0 Å². The number of anilines is 2. The normalized spacial score (nSPS) is 21.2. The molecule has 2 fully saturated rings. The van der Waals surface area contributed by atoms with Gasteiger partial charge in [0.25, 0.3) is 0 Å². The maximum absolute atomic E-state index is 13.3. The Bertz CT molecular complexity index is 1070. The van der Waals surface area contributed by atoms with Crippen LogP contribution >= 0.6 is 12.2 Å². The summed E-state index contributed by atoms with van der Waals surface area (Å²) in [4.78, 5) is 5.51. The van der Waals surface area contributed by atoms with Gasteiger partial charge in [0, 0.05) is 43.6 Å². The number of rotatable bonds is 6. The second-order valence-corrected chi connectivity index (χ2v) is 11.3. The van der Waals surface area contributed by atoms with Gasteiger partial charge >= 0.3 is 6.18 Å². The van der Waals surface area contributed by atoms with Crippen LogP contribution in [-0.4, -0.2) is 53.8 Å². The van der Waals surface area contributed by atoms with Crippen molar-refractivity contribution in [3.05, 3.63) is 59.2 Å². The van der Waals surface area contributed by atoms with Crippen molar-refractivity contribution < 1.29 is 17.9 Å². The van der Waals surface area contributed by atoms with Crippen LogP contribution in [0.1, 0.15) is 56.2 Å². The zero-order valence-electron chi connectivity index (χ0n) is 22.2. The summed E-state index contributed by atoms with van der Waals surface area (Å²) in [5, 5.41) is 3.30. The second kappa shape index (κ2) is 11.2. The van der Waals surface area contributed by atoms with Crippen molar-refractivity contribution in [3.8, 4) is 0 Å². The van der Waals surface area contributed by atoms with Gasteiger partial charge in [-0.3, -0.25) is 0 Å². The Morgan fingerprint density at radius 1 is 0.919 bits per heavy atom. The predicted octanol–water partition coefficient (Wildman–Crippen LogP) is 6.99. The van der Waals surface area contributed by atoms with E-state index in [9.17, 15) is 13.2 Å². The van der Waals surface area contributed by atoms with Crippen LogP contribution in [0.4, 0.5) is 24.5 Å². The van der Waals surface area contributed by atoms with Crippen LogP contribution in [0.3, 0.4) is 0 Å². The van der Waals surface area contributed by atoms with Gasteiger partial charge in [-0.2, -0.15) is 13.2 Å². The lowest BCUT2D eigenvalue weighted by atomic mass is 9.92. The van der Waals surface area contributed by atoms with Crippen molar-refractivity contribution >= 4 is 28.6 Å². The third-order valence-corrected chi connectivity index (χ3v) is 8.28. The fourth-order valence-electron chi connectivity index (χ4n) is 5.35. The van der Waals surface area contributed by atoms with Gasteiger partial charge in [0.2, 0.25) is 0 Å². The minimum absolute atomic E-state index is 0.0867. The summed E-state index contributed by atoms with van der Waals surface area (Å²) < 4.78 is 46.3. The van der Waals surface area contributed by atoms with Gasteiger partial charge in [-0.05, 0) is 83.2 Å². The average Bonchev–Trinajstić information content (AvgIpc) is 2.86. The van der Waals surface area contributed by atoms with Crippen molar-refractivity contribution in [2.75, 3.05) is 36.4 Å². The summed E-state index contributed by atoms with van der Waals surface area (Å²) >= 11 is 5.89. The molecule has 1 saturated heterocycles. The van der Waals surface area contributed by atoms with Crippen molar-refractivity contribution in [1.82, 2.24) is 4.90 Å². The van der Waals surface area contributed by atoms with E-state index >= 15 is 0 Å². The number of piperazine rings is 1. The van der Waals surface area contributed by atoms with Gasteiger partial charge < -0.3 is 19.9 Å². The molecule has 0 bridgehead atoms. The van der Waals surface area contributed by atoms with E-state index in [1.807, 2.05) is 0 Å². The van der Waals surface area contributed by atoms with Crippen LogP contribution in [-0.2, 0) is 10.9 Å². The first kappa shape index (κ1) is 27.7. The van der Waals surface area contributed by atoms with Crippen LogP contribution in [0, 0.1) is 13.8 Å². The molecule has 1 aliphatic heterocycles. The fourth-order valence-corrected chi connectivity index (χ4v) is 5.58. The van der Waals surface area contributed by atoms with Gasteiger partial charge in [0.1, 0.15) is 10.6 Å². The summed E-state index contributed by atoms with van der Waals surface area (Å²) in [7, 11) is 0. The van der Waals surface area contributed by atoms with Gasteiger partial charge in [0.15, 0.2) is 0 Å². The molecular formula is C29H38F3N3OS. The second-order valence-electron chi connectivity index (χ2n) is 10.9. The molecule has 0 atom stereocenters. The SMILES string of the molecule is Cc1ccc(N2CCN(C(=S)C(C)(C)OC3CCC(Nc4ccc(C)c(C(F)(F)F)c4)CC3)CC2)cc1. The monoisotopic (exact) mass is 533 g/mol. The highest BCUT2D eigenvalue weighted by Gasteiger charge is 2.35. The van der Waals surface area contributed by atoms with Crippen LogP contribution in [0.25, 0.3) is 0 Å². The van der Waals surface area contributed by atoms with Crippen molar-refractivity contribution in [2.45, 2.75) is 77.3 Å². The molecule has 1 saturated carbocycles. The Morgan fingerprint density at radius 3 is 2.14 bits per heavy atom. The van der Waals surface area contributed by atoms with Crippen LogP contribution in [0.15, 0.2) is 42.5 Å². The molecule has 4 nitrogen and oxygen atoms in total. The van der Waals surface area contributed by atoms with Crippen LogP contribution in [0.5, 0.6) is 0 Å². The number of benzene rings is 2. The molecular weight excluding hydrogens is 495 g/mol. The highest BCUT2D eigenvalue weighted by molar-refractivity contribution is 7.80. The average molecular weight is 534 g/mol. The molecule has 1 aliphatic carbocycles. The lowest BCUT2D eigenvalue weighted by Gasteiger charge is -2.43. The first-order valence-electron chi connectivity index (χ1n) is 13.2. The molecule has 0 radical (unpaired) electrons. The minimum Gasteiger partial charge on any atom is -0.382 e. The van der Waals surface area contributed by atoms with Crippen molar-refractivity contribution in [3.63, 3.8) is 0 Å². The largest absolute Gasteiger partial charge is 0.416 e. The van der Waals surface area contributed by atoms with E-state index in [2.05, 4.69) is 60.2 Å². The van der Waals surface area contributed by atoms with E-state index < -0.39 is 17.3 Å². The smallest absolute Gasteiger partial charge is 0.382 e. The molecule has 1 N–H and O–H groups in total. The Balaban J connectivity index is 1.25. The summed E-state index contributed by atoms with van der Waals surface area (Å²) in [6, 6.07) is 13.3. The zero-order valence-corrected chi connectivity index (χ0v) is 23.0. The molecule has 0 amide bonds. The highest BCUT2D eigenvalue weighted by Crippen LogP contribution is 2.35. The molecule has 37 heavy (non-hydrogen) atoms. The quantitative estimate of drug-likeness (QED) is 0.404. The minimum atomic E-state index is -4.34. The molecule has 2 aliphatic rings. The number of halogens is 3. The third kappa shape index (κ3) is 6.96. The molecule has 0 spiro atoms. The molecule has 4 rings (SSSR count). The number of thiocarbonyl (C=S) groups is 1. The summed E-state index contributed by atoms with van der Waals surface area (Å²) in [6.07, 6.45) is -0.865. The van der Waals surface area contributed by atoms with Gasteiger partial charge in [0.05, 0.1) is 11.7 Å². The van der Waals surface area contributed by atoms with Gasteiger partial charge in [-0.1, -0.05) is 36.0 Å². The Hall–Kier alpha value is -2.32. The first-order chi connectivity index (χ1) is 17.4. The molecule has 1 heterocycles. The van der Waals surface area contributed by atoms with Crippen LogP contribution < -0.4 is 10.2 Å². The van der Waals surface area contributed by atoms with E-state index in [1.54, 1.807) is 6.07 Å². The van der Waals surface area contributed by atoms with E-state index in [-0.39, 0.29) is 17.7 Å². The maximum Gasteiger partial charge on any atom is 0.416 e. The van der Waals surface area contributed by atoms with E-state index in [0.717, 1.165) is 56.9 Å². The molecule has 0 unspecified atom stereocenters. The molecule has 2 aromatic rings. The number of nitrogens with one attached hydrogen (secondary N) is 1. The highest BCUT2D eigenvalue weighted by atomic mass is 32.1. The summed E-state index contributed by atoms with van der Waals surface area (Å²) in [5.41, 5.74) is 2.14. The molecule has 2 aromatic carbocycles. The first-order valence-corrected chi connectivity index (χ1v) is 13.6. The summed E-state index contributed by atoms with van der Waals surface area (Å²) in [5.74, 6) is 0. The Labute approximate surface area is 224 Å².